The van der Waals surface area contributed by atoms with Crippen LogP contribution in [0.4, 0.5) is 0 Å². The van der Waals surface area contributed by atoms with E-state index in [-0.39, 0.29) is 0 Å². The molecule has 0 aromatic heterocycles. The smallest absolute Gasteiger partial charge is 0.303 e. The summed E-state index contributed by atoms with van der Waals surface area (Å²) in [5, 5.41) is 17.2. The Balaban J connectivity index is 3.16. The third kappa shape index (κ3) is 20.9. The Hall–Kier alpha value is -1.09. The fraction of sp³-hybridized carbons (Fsp3) is 0.750. The highest BCUT2D eigenvalue weighted by molar-refractivity contribution is 5.66. The van der Waals surface area contributed by atoms with E-state index in [1.807, 2.05) is 0 Å². The minimum absolute atomic E-state index is 0.314. The molecule has 0 aromatic rings. The Labute approximate surface area is 142 Å². The zero-order valence-electron chi connectivity index (χ0n) is 14.7. The molecule has 0 spiro atoms. The first-order chi connectivity index (χ1) is 11.3. The van der Waals surface area contributed by atoms with Gasteiger partial charge in [-0.15, -0.1) is 0 Å². The molecule has 0 saturated carbocycles. The third-order valence-corrected chi connectivity index (χ3v) is 3.92. The number of aliphatic hydroxyl groups excluding tert-OH is 1. The van der Waals surface area contributed by atoms with E-state index < -0.39 is 5.97 Å². The fourth-order valence-electron chi connectivity index (χ4n) is 2.50. The summed E-state index contributed by atoms with van der Waals surface area (Å²) in [7, 11) is 0. The van der Waals surface area contributed by atoms with Crippen molar-refractivity contribution in [3.05, 3.63) is 24.3 Å². The number of allylic oxidation sites excluding steroid dienone is 4. The molecule has 0 fully saturated rings. The summed E-state index contributed by atoms with van der Waals surface area (Å²) in [6.45, 7) is 0.314. The van der Waals surface area contributed by atoms with Crippen molar-refractivity contribution in [2.45, 2.75) is 89.9 Å². The standard InChI is InChI=1S/C20H36O3/c21-19-17-15-13-11-9-7-5-3-1-2-4-6-8-10-12-14-16-18-20(22)23/h3,5,7,9,21H,1-2,4,6,8,10-19H2,(H,22,23)/b5-3+,9-7+. The van der Waals surface area contributed by atoms with Crippen LogP contribution in [-0.2, 0) is 4.79 Å². The SMILES string of the molecule is O=C(O)CCCCCCCCCC/C=C/C=C/CCCCCO. The minimum Gasteiger partial charge on any atom is -0.481 e. The van der Waals surface area contributed by atoms with Crippen molar-refractivity contribution in [3.8, 4) is 0 Å². The van der Waals surface area contributed by atoms with Gasteiger partial charge < -0.3 is 10.2 Å². The van der Waals surface area contributed by atoms with Crippen LogP contribution in [0.2, 0.25) is 0 Å². The molecule has 0 bridgehead atoms. The van der Waals surface area contributed by atoms with Crippen molar-refractivity contribution in [3.63, 3.8) is 0 Å². The summed E-state index contributed by atoms with van der Waals surface area (Å²) in [6, 6.07) is 0. The lowest BCUT2D eigenvalue weighted by atomic mass is 10.1. The molecule has 0 aromatic carbocycles. The Bertz CT molecular complexity index is 308. The lowest BCUT2D eigenvalue weighted by Gasteiger charge is -2.00. The van der Waals surface area contributed by atoms with Gasteiger partial charge in [0.1, 0.15) is 0 Å². The number of aliphatic carboxylic acids is 1. The molecular weight excluding hydrogens is 288 g/mol. The molecule has 134 valence electrons. The molecule has 23 heavy (non-hydrogen) atoms. The molecule has 0 heterocycles. The first-order valence-electron chi connectivity index (χ1n) is 9.41. The van der Waals surface area contributed by atoms with Crippen molar-refractivity contribution in [1.82, 2.24) is 0 Å². The molecule has 3 heteroatoms. The number of carbonyl (C=O) groups is 1. The van der Waals surface area contributed by atoms with Crippen LogP contribution in [0.15, 0.2) is 24.3 Å². The maximum Gasteiger partial charge on any atom is 0.303 e. The molecule has 0 rings (SSSR count). The molecule has 0 amide bonds. The minimum atomic E-state index is -0.672. The highest BCUT2D eigenvalue weighted by atomic mass is 16.4. The predicted octanol–water partition coefficient (Wildman–Crippen LogP) is 5.64. The van der Waals surface area contributed by atoms with Crippen LogP contribution >= 0.6 is 0 Å². The topological polar surface area (TPSA) is 57.5 Å². The van der Waals surface area contributed by atoms with Gasteiger partial charge in [-0.1, -0.05) is 69.2 Å². The van der Waals surface area contributed by atoms with E-state index in [9.17, 15) is 4.79 Å². The normalized spacial score (nSPS) is 11.7. The number of carboxylic acids is 1. The van der Waals surface area contributed by atoms with E-state index in [0.717, 1.165) is 38.5 Å². The second-order valence-corrected chi connectivity index (χ2v) is 6.19. The van der Waals surface area contributed by atoms with E-state index in [2.05, 4.69) is 24.3 Å². The number of carboxylic acid groups (broad SMARTS) is 1. The summed E-state index contributed by atoms with van der Waals surface area (Å²) in [5.74, 6) is -0.672. The Morgan fingerprint density at radius 2 is 1.09 bits per heavy atom. The molecule has 0 unspecified atom stereocenters. The zero-order valence-corrected chi connectivity index (χ0v) is 14.7. The average Bonchev–Trinajstić information content (AvgIpc) is 2.53. The average molecular weight is 325 g/mol. The molecule has 3 nitrogen and oxygen atoms in total. The van der Waals surface area contributed by atoms with Crippen LogP contribution in [0.3, 0.4) is 0 Å². The molecule has 0 saturated heterocycles. The summed E-state index contributed by atoms with van der Waals surface area (Å²) in [4.78, 5) is 10.4. The van der Waals surface area contributed by atoms with Gasteiger partial charge in [-0.3, -0.25) is 4.79 Å². The van der Waals surface area contributed by atoms with Gasteiger partial charge in [-0.2, -0.15) is 0 Å². The highest BCUT2D eigenvalue weighted by Gasteiger charge is 1.96. The van der Waals surface area contributed by atoms with Crippen LogP contribution < -0.4 is 0 Å². The van der Waals surface area contributed by atoms with Crippen molar-refractivity contribution in [1.29, 1.82) is 0 Å². The molecule has 0 radical (unpaired) electrons. The summed E-state index contributed by atoms with van der Waals surface area (Å²) < 4.78 is 0. The van der Waals surface area contributed by atoms with Gasteiger partial charge in [-0.05, 0) is 38.5 Å². The van der Waals surface area contributed by atoms with Crippen molar-refractivity contribution in [2.75, 3.05) is 6.61 Å². The van der Waals surface area contributed by atoms with E-state index in [0.29, 0.717) is 13.0 Å². The largest absolute Gasteiger partial charge is 0.481 e. The number of rotatable bonds is 17. The lowest BCUT2D eigenvalue weighted by molar-refractivity contribution is -0.137. The second-order valence-electron chi connectivity index (χ2n) is 6.19. The van der Waals surface area contributed by atoms with Crippen molar-refractivity contribution >= 4 is 5.97 Å². The molecule has 0 aliphatic rings. The molecule has 2 N–H and O–H groups in total. The van der Waals surface area contributed by atoms with Crippen molar-refractivity contribution in [2.24, 2.45) is 0 Å². The molecule has 0 aliphatic heterocycles. The van der Waals surface area contributed by atoms with E-state index in [4.69, 9.17) is 10.2 Å². The zero-order chi connectivity index (χ0) is 17.0. The van der Waals surface area contributed by atoms with Gasteiger partial charge in [0.25, 0.3) is 0 Å². The van der Waals surface area contributed by atoms with Crippen molar-refractivity contribution < 1.29 is 15.0 Å². The van der Waals surface area contributed by atoms with Gasteiger partial charge in [0, 0.05) is 13.0 Å². The van der Waals surface area contributed by atoms with Crippen LogP contribution in [0, 0.1) is 0 Å². The first-order valence-corrected chi connectivity index (χ1v) is 9.41. The molecule has 0 aliphatic carbocycles. The number of hydrogen-bond acceptors (Lipinski definition) is 2. The first kappa shape index (κ1) is 21.9. The molecule has 0 atom stereocenters. The number of unbranched alkanes of at least 4 members (excludes halogenated alkanes) is 11. The van der Waals surface area contributed by atoms with Crippen LogP contribution in [-0.4, -0.2) is 22.8 Å². The molecular formula is C20H36O3. The Morgan fingerprint density at radius 1 is 0.652 bits per heavy atom. The number of aliphatic hydroxyl groups is 1. The second kappa shape index (κ2) is 19.0. The fourth-order valence-corrected chi connectivity index (χ4v) is 2.50. The Morgan fingerprint density at radius 3 is 1.57 bits per heavy atom. The maximum atomic E-state index is 10.4. The summed E-state index contributed by atoms with van der Waals surface area (Å²) in [5.41, 5.74) is 0. The van der Waals surface area contributed by atoms with E-state index in [1.54, 1.807) is 0 Å². The third-order valence-electron chi connectivity index (χ3n) is 3.92. The van der Waals surface area contributed by atoms with Gasteiger partial charge in [0.15, 0.2) is 0 Å². The monoisotopic (exact) mass is 324 g/mol. The summed E-state index contributed by atoms with van der Waals surface area (Å²) in [6.07, 6.45) is 24.0. The van der Waals surface area contributed by atoms with Gasteiger partial charge >= 0.3 is 5.97 Å². The number of hydrogen-bond donors (Lipinski definition) is 2. The highest BCUT2D eigenvalue weighted by Crippen LogP contribution is 2.10. The van der Waals surface area contributed by atoms with E-state index >= 15 is 0 Å². The van der Waals surface area contributed by atoms with E-state index in [1.165, 1.54) is 44.9 Å². The Kier molecular flexibility index (Phi) is 18.1. The maximum absolute atomic E-state index is 10.4. The van der Waals surface area contributed by atoms with Gasteiger partial charge in [0.05, 0.1) is 0 Å². The van der Waals surface area contributed by atoms with Gasteiger partial charge in [0.2, 0.25) is 0 Å². The summed E-state index contributed by atoms with van der Waals surface area (Å²) >= 11 is 0. The lowest BCUT2D eigenvalue weighted by Crippen LogP contribution is -1.93. The van der Waals surface area contributed by atoms with Crippen LogP contribution in [0.5, 0.6) is 0 Å². The quantitative estimate of drug-likeness (QED) is 0.269. The van der Waals surface area contributed by atoms with Crippen LogP contribution in [0.25, 0.3) is 0 Å². The van der Waals surface area contributed by atoms with Gasteiger partial charge in [-0.25, -0.2) is 0 Å². The van der Waals surface area contributed by atoms with Crippen LogP contribution in [0.1, 0.15) is 89.9 Å². The predicted molar refractivity (Wildman–Crippen MR) is 97.6 cm³/mol.